The van der Waals surface area contributed by atoms with E-state index >= 15 is 0 Å². The van der Waals surface area contributed by atoms with Crippen LogP contribution in [0.3, 0.4) is 0 Å². The predicted molar refractivity (Wildman–Crippen MR) is 83.9 cm³/mol. The molecule has 1 amide bonds. The van der Waals surface area contributed by atoms with E-state index in [1.165, 1.54) is 0 Å². The molecule has 1 saturated carbocycles. The van der Waals surface area contributed by atoms with Crippen LogP contribution in [0.15, 0.2) is 24.3 Å². The number of halogens is 1. The molecule has 1 unspecified atom stereocenters. The molecule has 1 aliphatic carbocycles. The van der Waals surface area contributed by atoms with Gasteiger partial charge in [-0.2, -0.15) is 0 Å². The van der Waals surface area contributed by atoms with Gasteiger partial charge >= 0.3 is 6.09 Å². The van der Waals surface area contributed by atoms with E-state index in [1.54, 1.807) is 4.90 Å². The van der Waals surface area contributed by atoms with Gasteiger partial charge in [0.2, 0.25) is 0 Å². The molecule has 0 aromatic heterocycles. The quantitative estimate of drug-likeness (QED) is 0.823. The lowest BCUT2D eigenvalue weighted by Gasteiger charge is -2.44. The van der Waals surface area contributed by atoms with Gasteiger partial charge < -0.3 is 9.64 Å². The molecule has 1 saturated heterocycles. The van der Waals surface area contributed by atoms with Crippen LogP contribution in [-0.2, 0) is 9.53 Å². The van der Waals surface area contributed by atoms with Crippen molar-refractivity contribution in [2.24, 2.45) is 0 Å². The summed E-state index contributed by atoms with van der Waals surface area (Å²) in [5, 5.41) is 0.659. The topological polar surface area (TPSA) is 46.6 Å². The number of hydrogen-bond donors (Lipinski definition) is 0. The summed E-state index contributed by atoms with van der Waals surface area (Å²) in [6, 6.07) is 7.44. The van der Waals surface area contributed by atoms with E-state index in [0.717, 1.165) is 12.0 Å². The molecule has 2 fully saturated rings. The highest BCUT2D eigenvalue weighted by Crippen LogP contribution is 2.39. The summed E-state index contributed by atoms with van der Waals surface area (Å²) < 4.78 is 5.75. The number of Topliss-reactive ketones (excluding diaryl/α,β-unsaturated/α-hetero) is 1. The number of rotatable bonds is 2. The van der Waals surface area contributed by atoms with Gasteiger partial charge in [0.25, 0.3) is 0 Å². The molecule has 5 heteroatoms. The Balaban J connectivity index is 1.72. The summed E-state index contributed by atoms with van der Waals surface area (Å²) in [6.07, 6.45) is 2.84. The van der Waals surface area contributed by atoms with E-state index in [1.807, 2.05) is 31.2 Å². The van der Waals surface area contributed by atoms with Crippen LogP contribution in [0.4, 0.5) is 4.79 Å². The summed E-state index contributed by atoms with van der Waals surface area (Å²) in [5.74, 6) is 0.272. The van der Waals surface area contributed by atoms with E-state index in [0.29, 0.717) is 37.3 Å². The fourth-order valence-corrected chi connectivity index (χ4v) is 3.67. The first-order valence-electron chi connectivity index (χ1n) is 7.76. The summed E-state index contributed by atoms with van der Waals surface area (Å²) in [4.78, 5) is 25.6. The first kappa shape index (κ1) is 15.3. The monoisotopic (exact) mass is 321 g/mol. The van der Waals surface area contributed by atoms with Crippen molar-refractivity contribution in [1.82, 2.24) is 4.90 Å². The lowest BCUT2D eigenvalue weighted by atomic mass is 9.80. The third kappa shape index (κ3) is 2.84. The van der Waals surface area contributed by atoms with Gasteiger partial charge in [0.05, 0.1) is 6.04 Å². The summed E-state index contributed by atoms with van der Waals surface area (Å²) in [6.45, 7) is 2.60. The normalized spacial score (nSPS) is 22.5. The SMILES string of the molecule is CC(c1ccccc1Cl)N1CCC2(CCC(=O)CC2)OC1=O. The highest BCUT2D eigenvalue weighted by molar-refractivity contribution is 6.31. The zero-order valence-corrected chi connectivity index (χ0v) is 13.4. The first-order valence-corrected chi connectivity index (χ1v) is 8.14. The number of ketones is 1. The molecule has 1 atom stereocenters. The first-order chi connectivity index (χ1) is 10.5. The third-order valence-electron chi connectivity index (χ3n) is 4.89. The van der Waals surface area contributed by atoms with Crippen LogP contribution in [-0.4, -0.2) is 28.9 Å². The van der Waals surface area contributed by atoms with Gasteiger partial charge in [-0.25, -0.2) is 4.79 Å². The van der Waals surface area contributed by atoms with Gasteiger partial charge in [-0.05, 0) is 31.4 Å². The Morgan fingerprint density at radius 3 is 2.50 bits per heavy atom. The summed E-state index contributed by atoms with van der Waals surface area (Å²) >= 11 is 6.23. The van der Waals surface area contributed by atoms with Crippen LogP contribution in [0.25, 0.3) is 0 Å². The zero-order valence-electron chi connectivity index (χ0n) is 12.7. The molecular formula is C17H20ClNO3. The molecule has 0 N–H and O–H groups in total. The lowest BCUT2D eigenvalue weighted by molar-refractivity contribution is -0.129. The second kappa shape index (κ2) is 5.92. The Bertz CT molecular complexity index is 591. The summed E-state index contributed by atoms with van der Waals surface area (Å²) in [7, 11) is 0. The van der Waals surface area contributed by atoms with Crippen LogP contribution in [0, 0.1) is 0 Å². The van der Waals surface area contributed by atoms with Gasteiger partial charge in [0.15, 0.2) is 0 Å². The molecule has 1 heterocycles. The average molecular weight is 322 g/mol. The summed E-state index contributed by atoms with van der Waals surface area (Å²) in [5.41, 5.74) is 0.498. The van der Waals surface area contributed by atoms with Crippen molar-refractivity contribution in [1.29, 1.82) is 0 Å². The largest absolute Gasteiger partial charge is 0.443 e. The van der Waals surface area contributed by atoms with Crippen LogP contribution in [0.2, 0.25) is 5.02 Å². The van der Waals surface area contributed by atoms with Crippen molar-refractivity contribution >= 4 is 23.5 Å². The second-order valence-corrected chi connectivity index (χ2v) is 6.64. The second-order valence-electron chi connectivity index (χ2n) is 6.23. The maximum atomic E-state index is 12.5. The molecule has 1 aromatic rings. The van der Waals surface area contributed by atoms with E-state index in [9.17, 15) is 9.59 Å². The predicted octanol–water partition coefficient (Wildman–Crippen LogP) is 4.13. The third-order valence-corrected chi connectivity index (χ3v) is 5.23. The molecule has 1 aliphatic heterocycles. The molecule has 0 radical (unpaired) electrons. The Labute approximate surface area is 135 Å². The minimum Gasteiger partial charge on any atom is -0.443 e. The molecule has 1 aromatic carbocycles. The van der Waals surface area contributed by atoms with E-state index < -0.39 is 5.60 Å². The Morgan fingerprint density at radius 1 is 1.18 bits per heavy atom. The number of benzene rings is 1. The van der Waals surface area contributed by atoms with Crippen LogP contribution in [0.1, 0.15) is 50.6 Å². The van der Waals surface area contributed by atoms with Crippen LogP contribution < -0.4 is 0 Å². The number of amides is 1. The number of nitrogens with zero attached hydrogens (tertiary/aromatic N) is 1. The molecule has 22 heavy (non-hydrogen) atoms. The Morgan fingerprint density at radius 2 is 1.86 bits per heavy atom. The number of hydrogen-bond acceptors (Lipinski definition) is 3. The number of carbonyl (C=O) groups excluding carboxylic acids is 2. The van der Waals surface area contributed by atoms with Gasteiger partial charge in [-0.3, -0.25) is 4.79 Å². The molecule has 118 valence electrons. The van der Waals surface area contributed by atoms with E-state index in [2.05, 4.69) is 0 Å². The fraction of sp³-hybridized carbons (Fsp3) is 0.529. The van der Waals surface area contributed by atoms with Crippen molar-refractivity contribution in [2.75, 3.05) is 6.54 Å². The molecular weight excluding hydrogens is 302 g/mol. The standard InChI is InChI=1S/C17H20ClNO3/c1-12(14-4-2-3-5-15(14)18)19-11-10-17(22-16(19)21)8-6-13(20)7-9-17/h2-5,12H,6-11H2,1H3. The average Bonchev–Trinajstić information content (AvgIpc) is 2.51. The lowest BCUT2D eigenvalue weighted by Crippen LogP contribution is -2.51. The maximum Gasteiger partial charge on any atom is 0.410 e. The minimum absolute atomic E-state index is 0.122. The van der Waals surface area contributed by atoms with Crippen LogP contribution in [0.5, 0.6) is 0 Å². The van der Waals surface area contributed by atoms with Gasteiger partial charge in [0, 0.05) is 30.8 Å². The zero-order chi connectivity index (χ0) is 15.7. The number of ether oxygens (including phenoxy) is 1. The highest BCUT2D eigenvalue weighted by atomic mass is 35.5. The molecule has 2 aliphatic rings. The van der Waals surface area contributed by atoms with Gasteiger partial charge in [0.1, 0.15) is 11.4 Å². The smallest absolute Gasteiger partial charge is 0.410 e. The molecule has 0 bridgehead atoms. The molecule has 4 nitrogen and oxygen atoms in total. The van der Waals surface area contributed by atoms with Crippen molar-refractivity contribution in [3.05, 3.63) is 34.9 Å². The highest BCUT2D eigenvalue weighted by Gasteiger charge is 2.44. The van der Waals surface area contributed by atoms with Crippen LogP contribution >= 0.6 is 11.6 Å². The Kier molecular flexibility index (Phi) is 4.13. The minimum atomic E-state index is -0.429. The van der Waals surface area contributed by atoms with Gasteiger partial charge in [-0.15, -0.1) is 0 Å². The van der Waals surface area contributed by atoms with Crippen molar-refractivity contribution in [3.63, 3.8) is 0 Å². The van der Waals surface area contributed by atoms with Crippen molar-refractivity contribution in [3.8, 4) is 0 Å². The number of carbonyl (C=O) groups is 2. The molecule has 3 rings (SSSR count). The van der Waals surface area contributed by atoms with Crippen molar-refractivity contribution in [2.45, 2.75) is 50.7 Å². The fourth-order valence-electron chi connectivity index (χ4n) is 3.38. The maximum absolute atomic E-state index is 12.5. The van der Waals surface area contributed by atoms with E-state index in [-0.39, 0.29) is 17.9 Å². The van der Waals surface area contributed by atoms with Gasteiger partial charge in [-0.1, -0.05) is 29.8 Å². The van der Waals surface area contributed by atoms with Crippen molar-refractivity contribution < 1.29 is 14.3 Å². The molecule has 1 spiro atoms. The Hall–Kier alpha value is -1.55. The van der Waals surface area contributed by atoms with E-state index in [4.69, 9.17) is 16.3 Å².